The van der Waals surface area contributed by atoms with E-state index in [0.717, 1.165) is 6.07 Å². The van der Waals surface area contributed by atoms with E-state index in [0.29, 0.717) is 0 Å². The van der Waals surface area contributed by atoms with Gasteiger partial charge in [0.25, 0.3) is 6.43 Å². The Bertz CT molecular complexity index is 512. The number of aromatic nitrogens is 1. The van der Waals surface area contributed by atoms with Crippen LogP contribution in [0, 0.1) is 11.3 Å². The lowest BCUT2D eigenvalue weighted by atomic mass is 10.1. The first-order valence-corrected chi connectivity index (χ1v) is 5.60. The number of carbonyl (C=O) groups is 1. The van der Waals surface area contributed by atoms with Crippen LogP contribution < -0.4 is 5.73 Å². The molecule has 102 valence electrons. The van der Waals surface area contributed by atoms with Crippen LogP contribution in [0.15, 0.2) is 6.07 Å². The molecule has 7 heteroatoms. The molecule has 0 saturated heterocycles. The second-order valence-corrected chi connectivity index (χ2v) is 3.63. The Kier molecular flexibility index (Phi) is 5.33. The van der Waals surface area contributed by atoms with E-state index in [1.165, 1.54) is 0 Å². The SMILES string of the molecule is CCOC(=O)Cc1nc(C#N)c(CN)cc1C(F)F. The Hall–Kier alpha value is -2.07. The minimum Gasteiger partial charge on any atom is -0.466 e. The van der Waals surface area contributed by atoms with Crippen molar-refractivity contribution in [3.05, 3.63) is 28.6 Å². The number of pyridine rings is 1. The predicted octanol–water partition coefficient (Wildman–Crippen LogP) is 1.46. The number of hydrogen-bond donors (Lipinski definition) is 1. The van der Waals surface area contributed by atoms with E-state index in [2.05, 4.69) is 9.72 Å². The molecule has 0 aliphatic carbocycles. The van der Waals surface area contributed by atoms with Crippen LogP contribution in [0.4, 0.5) is 8.78 Å². The fourth-order valence-corrected chi connectivity index (χ4v) is 1.54. The van der Waals surface area contributed by atoms with Crippen LogP contribution in [0.1, 0.15) is 35.9 Å². The van der Waals surface area contributed by atoms with Crippen molar-refractivity contribution in [3.8, 4) is 6.07 Å². The minimum atomic E-state index is -2.80. The molecule has 0 amide bonds. The molecule has 0 aromatic carbocycles. The number of rotatable bonds is 5. The molecule has 0 atom stereocenters. The monoisotopic (exact) mass is 269 g/mol. The van der Waals surface area contributed by atoms with E-state index in [9.17, 15) is 13.6 Å². The highest BCUT2D eigenvalue weighted by atomic mass is 19.3. The van der Waals surface area contributed by atoms with E-state index < -0.39 is 24.4 Å². The number of carbonyl (C=O) groups excluding carboxylic acids is 1. The number of nitrogens with zero attached hydrogens (tertiary/aromatic N) is 2. The summed E-state index contributed by atoms with van der Waals surface area (Å²) in [5.41, 5.74) is 5.00. The molecule has 0 unspecified atom stereocenters. The van der Waals surface area contributed by atoms with Crippen molar-refractivity contribution in [2.45, 2.75) is 26.3 Å². The topological polar surface area (TPSA) is 89.0 Å². The standard InChI is InChI=1S/C12H13F2N3O2/c1-2-19-11(18)4-9-8(12(13)14)3-7(5-15)10(6-16)17-9/h3,12H,2,4-5,15H2,1H3. The number of nitriles is 1. The zero-order valence-corrected chi connectivity index (χ0v) is 10.3. The van der Waals surface area contributed by atoms with Crippen molar-refractivity contribution in [3.63, 3.8) is 0 Å². The first-order chi connectivity index (χ1) is 9.03. The summed E-state index contributed by atoms with van der Waals surface area (Å²) < 4.78 is 30.5. The Balaban J connectivity index is 3.21. The Morgan fingerprint density at radius 3 is 2.79 bits per heavy atom. The molecule has 1 aromatic rings. The number of nitrogens with two attached hydrogens (primary N) is 1. The van der Waals surface area contributed by atoms with Crippen molar-refractivity contribution in [1.29, 1.82) is 5.26 Å². The van der Waals surface area contributed by atoms with Gasteiger partial charge in [-0.3, -0.25) is 4.79 Å². The van der Waals surface area contributed by atoms with Gasteiger partial charge in [-0.2, -0.15) is 5.26 Å². The third kappa shape index (κ3) is 3.69. The van der Waals surface area contributed by atoms with Crippen molar-refractivity contribution >= 4 is 5.97 Å². The lowest BCUT2D eigenvalue weighted by Crippen LogP contribution is -2.14. The van der Waals surface area contributed by atoms with E-state index in [1.54, 1.807) is 13.0 Å². The molecule has 0 fully saturated rings. The van der Waals surface area contributed by atoms with Gasteiger partial charge in [-0.25, -0.2) is 13.8 Å². The number of hydrogen-bond acceptors (Lipinski definition) is 5. The predicted molar refractivity (Wildman–Crippen MR) is 62.1 cm³/mol. The van der Waals surface area contributed by atoms with Crippen molar-refractivity contribution in [1.82, 2.24) is 4.98 Å². The maximum Gasteiger partial charge on any atom is 0.311 e. The molecule has 0 bridgehead atoms. The van der Waals surface area contributed by atoms with Gasteiger partial charge >= 0.3 is 5.97 Å². The molecule has 1 rings (SSSR count). The molecule has 1 aromatic heterocycles. The van der Waals surface area contributed by atoms with Gasteiger partial charge in [0, 0.05) is 17.7 Å². The second kappa shape index (κ2) is 6.75. The van der Waals surface area contributed by atoms with E-state index in [-0.39, 0.29) is 30.1 Å². The average molecular weight is 269 g/mol. The largest absolute Gasteiger partial charge is 0.466 e. The lowest BCUT2D eigenvalue weighted by molar-refractivity contribution is -0.142. The van der Waals surface area contributed by atoms with Crippen LogP contribution >= 0.6 is 0 Å². The summed E-state index contributed by atoms with van der Waals surface area (Å²) in [6.45, 7) is 1.68. The Labute approximate surface area is 109 Å². The highest BCUT2D eigenvalue weighted by molar-refractivity contribution is 5.72. The normalized spacial score (nSPS) is 10.3. The maximum atomic E-state index is 12.9. The molecule has 0 aliphatic rings. The van der Waals surface area contributed by atoms with Crippen LogP contribution in [0.2, 0.25) is 0 Å². The Morgan fingerprint density at radius 1 is 1.63 bits per heavy atom. The highest BCUT2D eigenvalue weighted by Gasteiger charge is 2.20. The number of alkyl halides is 2. The van der Waals surface area contributed by atoms with E-state index >= 15 is 0 Å². The molecule has 2 N–H and O–H groups in total. The summed E-state index contributed by atoms with van der Waals surface area (Å²) in [4.78, 5) is 15.1. The van der Waals surface area contributed by atoms with Gasteiger partial charge < -0.3 is 10.5 Å². The van der Waals surface area contributed by atoms with E-state index in [1.807, 2.05) is 0 Å². The molecule has 1 heterocycles. The fourth-order valence-electron chi connectivity index (χ4n) is 1.54. The zero-order chi connectivity index (χ0) is 14.4. The molecule has 0 radical (unpaired) electrons. The molecule has 0 aliphatic heterocycles. The van der Waals surface area contributed by atoms with Crippen molar-refractivity contribution in [2.75, 3.05) is 6.61 Å². The van der Waals surface area contributed by atoms with Gasteiger partial charge in [0.05, 0.1) is 18.7 Å². The molecule has 5 nitrogen and oxygen atoms in total. The third-order valence-electron chi connectivity index (χ3n) is 2.39. The summed E-state index contributed by atoms with van der Waals surface area (Å²) in [5.74, 6) is -0.665. The van der Waals surface area contributed by atoms with Crippen LogP contribution in [-0.4, -0.2) is 17.6 Å². The first kappa shape index (κ1) is 15.0. The van der Waals surface area contributed by atoms with Gasteiger partial charge in [0.15, 0.2) is 0 Å². The van der Waals surface area contributed by atoms with Crippen LogP contribution in [0.3, 0.4) is 0 Å². The summed E-state index contributed by atoms with van der Waals surface area (Å²) in [6, 6.07) is 2.89. The lowest BCUT2D eigenvalue weighted by Gasteiger charge is -2.10. The van der Waals surface area contributed by atoms with Crippen molar-refractivity contribution < 1.29 is 18.3 Å². The second-order valence-electron chi connectivity index (χ2n) is 3.63. The third-order valence-corrected chi connectivity index (χ3v) is 2.39. The average Bonchev–Trinajstić information content (AvgIpc) is 2.38. The summed E-state index contributed by atoms with van der Waals surface area (Å²) in [5, 5.41) is 8.87. The first-order valence-electron chi connectivity index (χ1n) is 5.60. The van der Waals surface area contributed by atoms with E-state index in [4.69, 9.17) is 11.0 Å². The minimum absolute atomic E-state index is 0.0498. The maximum absolute atomic E-state index is 12.9. The quantitative estimate of drug-likeness (QED) is 0.817. The van der Waals surface area contributed by atoms with Gasteiger partial charge in [0.1, 0.15) is 11.8 Å². The summed E-state index contributed by atoms with van der Waals surface area (Å²) in [6.07, 6.45) is -3.19. The van der Waals surface area contributed by atoms with Crippen molar-refractivity contribution in [2.24, 2.45) is 5.73 Å². The molecule has 0 saturated carbocycles. The van der Waals surface area contributed by atoms with Crippen LogP contribution in [0.5, 0.6) is 0 Å². The number of esters is 1. The fraction of sp³-hybridized carbons (Fsp3) is 0.417. The smallest absolute Gasteiger partial charge is 0.311 e. The summed E-state index contributed by atoms with van der Waals surface area (Å²) in [7, 11) is 0. The van der Waals surface area contributed by atoms with Gasteiger partial charge in [-0.05, 0) is 13.0 Å². The molecule has 19 heavy (non-hydrogen) atoms. The summed E-state index contributed by atoms with van der Waals surface area (Å²) >= 11 is 0. The zero-order valence-electron chi connectivity index (χ0n) is 10.3. The van der Waals surface area contributed by atoms with Crippen LogP contribution in [-0.2, 0) is 22.5 Å². The van der Waals surface area contributed by atoms with Gasteiger partial charge in [-0.1, -0.05) is 0 Å². The molecule has 0 spiro atoms. The Morgan fingerprint density at radius 2 is 2.32 bits per heavy atom. The number of halogens is 2. The molecular formula is C12H13F2N3O2. The highest BCUT2D eigenvalue weighted by Crippen LogP contribution is 2.24. The van der Waals surface area contributed by atoms with Gasteiger partial charge in [0.2, 0.25) is 0 Å². The van der Waals surface area contributed by atoms with Gasteiger partial charge in [-0.15, -0.1) is 0 Å². The number of ether oxygens (including phenoxy) is 1. The molecular weight excluding hydrogens is 256 g/mol. The van der Waals surface area contributed by atoms with Crippen LogP contribution in [0.25, 0.3) is 0 Å².